The van der Waals surface area contributed by atoms with Crippen LogP contribution in [0.2, 0.25) is 0 Å². The minimum atomic E-state index is -0.450. The molecule has 6 aromatic rings. The summed E-state index contributed by atoms with van der Waals surface area (Å²) in [6.45, 7) is 5.30. The average molecular weight is 564 g/mol. The number of esters is 1. The van der Waals surface area contributed by atoms with Crippen molar-refractivity contribution in [3.8, 4) is 39.8 Å². The minimum Gasteiger partial charge on any atom is -0.491 e. The summed E-state index contributed by atoms with van der Waals surface area (Å²) in [6, 6.07) is 24.5. The number of thiazole rings is 1. The molecule has 41 heavy (non-hydrogen) atoms. The standard InChI is InChI=1S/C31H25N5O4S/c1-19(2)39-24-15-13-21(14-16-24)28-22(18-35(33-28)23-9-5-4-6-10-23)17-27-30(38)36-31(41-27)32-29(34-36)25-11-7-8-12-26(25)40-20(3)37/h4-19H,1-3H3/b27-17-. The Hall–Kier alpha value is -5.09. The first-order chi connectivity index (χ1) is 19.9. The van der Waals surface area contributed by atoms with E-state index in [9.17, 15) is 9.59 Å². The largest absolute Gasteiger partial charge is 0.491 e. The molecule has 0 aliphatic heterocycles. The lowest BCUT2D eigenvalue weighted by Crippen LogP contribution is -2.23. The van der Waals surface area contributed by atoms with Gasteiger partial charge in [0.25, 0.3) is 5.56 Å². The molecule has 0 N–H and O–H groups in total. The maximum absolute atomic E-state index is 13.4. The third kappa shape index (κ3) is 5.37. The molecule has 0 unspecified atom stereocenters. The predicted molar refractivity (Wildman–Crippen MR) is 157 cm³/mol. The smallest absolute Gasteiger partial charge is 0.308 e. The molecular formula is C31H25N5O4S. The summed E-state index contributed by atoms with van der Waals surface area (Å²) in [6.07, 6.45) is 3.79. The molecule has 0 saturated heterocycles. The summed E-state index contributed by atoms with van der Waals surface area (Å²) >= 11 is 1.23. The van der Waals surface area contributed by atoms with Crippen molar-refractivity contribution in [1.29, 1.82) is 0 Å². The van der Waals surface area contributed by atoms with Gasteiger partial charge in [-0.25, -0.2) is 4.68 Å². The number of carbonyl (C=O) groups excluding carboxylic acids is 1. The molecule has 10 heteroatoms. The van der Waals surface area contributed by atoms with Gasteiger partial charge in [0, 0.05) is 24.2 Å². The predicted octanol–water partition coefficient (Wildman–Crippen LogP) is 4.93. The second-order valence-electron chi connectivity index (χ2n) is 9.54. The fraction of sp³-hybridized carbons (Fsp3) is 0.129. The lowest BCUT2D eigenvalue weighted by molar-refractivity contribution is -0.131. The Labute approximate surface area is 238 Å². The number of aromatic nitrogens is 5. The van der Waals surface area contributed by atoms with Crippen LogP contribution in [0.15, 0.2) is 89.9 Å². The van der Waals surface area contributed by atoms with Crippen LogP contribution in [0.25, 0.3) is 39.4 Å². The molecule has 0 aliphatic rings. The first kappa shape index (κ1) is 26.1. The van der Waals surface area contributed by atoms with Crippen LogP contribution in [0.5, 0.6) is 11.5 Å². The van der Waals surface area contributed by atoms with Crippen molar-refractivity contribution in [2.75, 3.05) is 0 Å². The highest BCUT2D eigenvalue weighted by atomic mass is 32.1. The number of nitrogens with zero attached hydrogens (tertiary/aromatic N) is 5. The van der Waals surface area contributed by atoms with Crippen molar-refractivity contribution < 1.29 is 14.3 Å². The summed E-state index contributed by atoms with van der Waals surface area (Å²) in [4.78, 5) is 30.0. The number of hydrogen-bond acceptors (Lipinski definition) is 8. The first-order valence-corrected chi connectivity index (χ1v) is 13.8. The second kappa shape index (κ2) is 10.8. The molecule has 0 amide bonds. The van der Waals surface area contributed by atoms with Gasteiger partial charge < -0.3 is 9.47 Å². The van der Waals surface area contributed by atoms with Crippen molar-refractivity contribution >= 4 is 28.3 Å². The van der Waals surface area contributed by atoms with Gasteiger partial charge in [0.2, 0.25) is 4.96 Å². The molecule has 0 fully saturated rings. The van der Waals surface area contributed by atoms with E-state index < -0.39 is 5.97 Å². The van der Waals surface area contributed by atoms with E-state index in [1.54, 1.807) is 28.9 Å². The van der Waals surface area contributed by atoms with Gasteiger partial charge in [-0.1, -0.05) is 41.7 Å². The Morgan fingerprint density at radius 3 is 2.39 bits per heavy atom. The van der Waals surface area contributed by atoms with Gasteiger partial charge in [0.1, 0.15) is 17.2 Å². The lowest BCUT2D eigenvalue weighted by Gasteiger charge is -2.09. The highest BCUT2D eigenvalue weighted by Crippen LogP contribution is 2.29. The molecule has 204 valence electrons. The van der Waals surface area contributed by atoms with E-state index in [0.29, 0.717) is 26.6 Å². The van der Waals surface area contributed by atoms with E-state index in [1.807, 2.05) is 80.7 Å². The number of rotatable bonds is 7. The first-order valence-electron chi connectivity index (χ1n) is 13.0. The molecule has 6 rings (SSSR count). The zero-order valence-corrected chi connectivity index (χ0v) is 23.3. The SMILES string of the molecule is CC(=O)Oc1ccccc1-c1nc2s/c(=C\c3cn(-c4ccccc4)nc3-c3ccc(OC(C)C)cc3)c(=O)n2n1. The van der Waals surface area contributed by atoms with Gasteiger partial charge in [0.05, 0.1) is 21.9 Å². The van der Waals surface area contributed by atoms with Gasteiger partial charge in [-0.3, -0.25) is 9.59 Å². The van der Waals surface area contributed by atoms with Crippen LogP contribution in [0, 0.1) is 0 Å². The molecule has 0 radical (unpaired) electrons. The Kier molecular flexibility index (Phi) is 6.90. The Morgan fingerprint density at radius 1 is 0.951 bits per heavy atom. The van der Waals surface area contributed by atoms with Crippen LogP contribution in [0.1, 0.15) is 26.3 Å². The lowest BCUT2D eigenvalue weighted by atomic mass is 10.1. The molecule has 0 spiro atoms. The van der Waals surface area contributed by atoms with Crippen LogP contribution in [0.4, 0.5) is 0 Å². The van der Waals surface area contributed by atoms with Crippen molar-refractivity contribution in [2.24, 2.45) is 0 Å². The fourth-order valence-electron chi connectivity index (χ4n) is 4.38. The van der Waals surface area contributed by atoms with Gasteiger partial charge in [-0.15, -0.1) is 5.10 Å². The van der Waals surface area contributed by atoms with Crippen LogP contribution >= 0.6 is 11.3 Å². The molecule has 3 aromatic heterocycles. The molecule has 0 aliphatic carbocycles. The molecule has 9 nitrogen and oxygen atoms in total. The quantitative estimate of drug-likeness (QED) is 0.201. The highest BCUT2D eigenvalue weighted by Gasteiger charge is 2.17. The maximum atomic E-state index is 13.4. The van der Waals surface area contributed by atoms with Gasteiger partial charge in [-0.05, 0) is 68.5 Å². The zero-order chi connectivity index (χ0) is 28.5. The van der Waals surface area contributed by atoms with Crippen molar-refractivity contribution in [1.82, 2.24) is 24.4 Å². The normalized spacial score (nSPS) is 11.9. The molecule has 3 aromatic carbocycles. The van der Waals surface area contributed by atoms with Crippen LogP contribution in [-0.2, 0) is 4.79 Å². The summed E-state index contributed by atoms with van der Waals surface area (Å²) < 4.78 is 14.6. The van der Waals surface area contributed by atoms with Crippen LogP contribution in [-0.4, -0.2) is 36.5 Å². The second-order valence-corrected chi connectivity index (χ2v) is 10.5. The Bertz CT molecular complexity index is 1970. The van der Waals surface area contributed by atoms with Crippen molar-refractivity contribution in [3.63, 3.8) is 0 Å². The average Bonchev–Trinajstić information content (AvgIpc) is 3.64. The number of fused-ring (bicyclic) bond motifs is 1. The molecule has 3 heterocycles. The Balaban J connectivity index is 1.43. The van der Waals surface area contributed by atoms with Gasteiger partial charge in [-0.2, -0.15) is 14.6 Å². The highest BCUT2D eigenvalue weighted by molar-refractivity contribution is 7.15. The number of benzene rings is 3. The van der Waals surface area contributed by atoms with E-state index in [2.05, 4.69) is 10.1 Å². The van der Waals surface area contributed by atoms with Crippen molar-refractivity contribution in [3.05, 3.63) is 106 Å². The van der Waals surface area contributed by atoms with E-state index in [4.69, 9.17) is 14.6 Å². The number of para-hydroxylation sites is 2. The topological polar surface area (TPSA) is 101 Å². The molecule has 0 bridgehead atoms. The van der Waals surface area contributed by atoms with Crippen LogP contribution < -0.4 is 19.6 Å². The summed E-state index contributed by atoms with van der Waals surface area (Å²) in [7, 11) is 0. The van der Waals surface area contributed by atoms with E-state index in [0.717, 1.165) is 28.3 Å². The van der Waals surface area contributed by atoms with E-state index >= 15 is 0 Å². The third-order valence-electron chi connectivity index (χ3n) is 6.11. The molecule has 0 atom stereocenters. The Morgan fingerprint density at radius 2 is 1.68 bits per heavy atom. The van der Waals surface area contributed by atoms with E-state index in [-0.39, 0.29) is 11.7 Å². The maximum Gasteiger partial charge on any atom is 0.308 e. The molecular weight excluding hydrogens is 538 g/mol. The number of ether oxygens (including phenoxy) is 2. The monoisotopic (exact) mass is 563 g/mol. The van der Waals surface area contributed by atoms with E-state index in [1.165, 1.54) is 22.8 Å². The van der Waals surface area contributed by atoms with Crippen molar-refractivity contribution in [2.45, 2.75) is 26.9 Å². The zero-order valence-electron chi connectivity index (χ0n) is 22.5. The number of carbonyl (C=O) groups is 1. The third-order valence-corrected chi connectivity index (χ3v) is 7.07. The fourth-order valence-corrected chi connectivity index (χ4v) is 5.28. The van der Waals surface area contributed by atoms with Crippen LogP contribution in [0.3, 0.4) is 0 Å². The summed E-state index contributed by atoms with van der Waals surface area (Å²) in [5, 5.41) is 9.30. The number of hydrogen-bond donors (Lipinski definition) is 0. The summed E-state index contributed by atoms with van der Waals surface area (Å²) in [5.74, 6) is 0.961. The molecule has 0 saturated carbocycles. The summed E-state index contributed by atoms with van der Waals surface area (Å²) in [5.41, 5.74) is 3.51. The van der Waals surface area contributed by atoms with Gasteiger partial charge >= 0.3 is 5.97 Å². The minimum absolute atomic E-state index is 0.0690. The van der Waals surface area contributed by atoms with Gasteiger partial charge in [0.15, 0.2) is 5.82 Å².